The zero-order valence-electron chi connectivity index (χ0n) is 11.2. The van der Waals surface area contributed by atoms with Crippen LogP contribution in [0.15, 0.2) is 0 Å². The van der Waals surface area contributed by atoms with E-state index in [0.717, 1.165) is 19.3 Å². The van der Waals surface area contributed by atoms with Gasteiger partial charge in [0.25, 0.3) is 0 Å². The topological polar surface area (TPSA) is 29.5 Å². The van der Waals surface area contributed by atoms with Gasteiger partial charge in [-0.15, -0.1) is 0 Å². The molecule has 1 aliphatic heterocycles. The Kier molecular flexibility index (Phi) is 2.79. The van der Waals surface area contributed by atoms with Crippen LogP contribution in [0.1, 0.15) is 65.2 Å². The zero-order valence-corrected chi connectivity index (χ0v) is 11.2. The fourth-order valence-electron chi connectivity index (χ4n) is 4.61. The molecule has 0 aromatic heterocycles. The van der Waals surface area contributed by atoms with Crippen LogP contribution >= 0.6 is 0 Å². The molecule has 1 saturated heterocycles. The quantitative estimate of drug-likeness (QED) is 0.702. The monoisotopic (exact) mass is 238 g/mol. The molecule has 3 aliphatic rings. The van der Waals surface area contributed by atoms with Crippen molar-refractivity contribution in [3.63, 3.8) is 0 Å². The van der Waals surface area contributed by atoms with E-state index in [1.807, 2.05) is 0 Å². The lowest BCUT2D eigenvalue weighted by Crippen LogP contribution is -2.50. The second-order valence-corrected chi connectivity index (χ2v) is 6.73. The predicted molar refractivity (Wildman–Crippen MR) is 67.8 cm³/mol. The number of aliphatic hydroxyl groups is 1. The molecule has 1 heterocycles. The smallest absolute Gasteiger partial charge is 0.0988 e. The first-order valence-electron chi connectivity index (χ1n) is 7.48. The van der Waals surface area contributed by atoms with Crippen molar-refractivity contribution in [2.24, 2.45) is 11.8 Å². The summed E-state index contributed by atoms with van der Waals surface area (Å²) in [6.07, 6.45) is 9.97. The lowest BCUT2D eigenvalue weighted by Gasteiger charge is -2.37. The Morgan fingerprint density at radius 3 is 2.53 bits per heavy atom. The molecule has 5 atom stereocenters. The van der Waals surface area contributed by atoms with Gasteiger partial charge in [-0.1, -0.05) is 32.6 Å². The second-order valence-electron chi connectivity index (χ2n) is 6.73. The van der Waals surface area contributed by atoms with E-state index in [0.29, 0.717) is 17.9 Å². The van der Waals surface area contributed by atoms with Crippen LogP contribution in [0.4, 0.5) is 0 Å². The van der Waals surface area contributed by atoms with Gasteiger partial charge in [0, 0.05) is 5.92 Å². The highest BCUT2D eigenvalue weighted by Crippen LogP contribution is 2.58. The number of rotatable bonds is 0. The van der Waals surface area contributed by atoms with Crippen LogP contribution in [0, 0.1) is 11.8 Å². The maximum Gasteiger partial charge on any atom is 0.0988 e. The third kappa shape index (κ3) is 1.53. The first kappa shape index (κ1) is 12.0. The normalized spacial score (nSPS) is 54.9. The van der Waals surface area contributed by atoms with Crippen molar-refractivity contribution in [2.75, 3.05) is 0 Å². The second kappa shape index (κ2) is 3.96. The van der Waals surface area contributed by atoms with Crippen molar-refractivity contribution in [3.8, 4) is 0 Å². The van der Waals surface area contributed by atoms with Gasteiger partial charge in [0.15, 0.2) is 0 Å². The van der Waals surface area contributed by atoms with Crippen molar-refractivity contribution in [1.82, 2.24) is 0 Å². The summed E-state index contributed by atoms with van der Waals surface area (Å²) in [7, 11) is 0. The van der Waals surface area contributed by atoms with Crippen LogP contribution in [0.2, 0.25) is 0 Å². The Bertz CT molecular complexity index is 303. The van der Waals surface area contributed by atoms with E-state index < -0.39 is 5.60 Å². The van der Waals surface area contributed by atoms with Gasteiger partial charge in [0.2, 0.25) is 0 Å². The molecular weight excluding hydrogens is 212 g/mol. The molecule has 3 fully saturated rings. The van der Waals surface area contributed by atoms with E-state index in [1.54, 1.807) is 0 Å². The molecule has 0 aromatic rings. The molecule has 0 spiro atoms. The van der Waals surface area contributed by atoms with Crippen molar-refractivity contribution in [2.45, 2.75) is 82.5 Å². The summed E-state index contributed by atoms with van der Waals surface area (Å²) in [5, 5.41) is 11.1. The van der Waals surface area contributed by atoms with Crippen LogP contribution < -0.4 is 0 Å². The van der Waals surface area contributed by atoms with Gasteiger partial charge in [-0.2, -0.15) is 0 Å². The summed E-state index contributed by atoms with van der Waals surface area (Å²) >= 11 is 0. The lowest BCUT2D eigenvalue weighted by atomic mass is 9.72. The SMILES string of the molecule is C[C@@H]1CC[C@@]2(O)C3CCCCCCC3O[C@@]12C. The average molecular weight is 238 g/mol. The van der Waals surface area contributed by atoms with Crippen molar-refractivity contribution in [1.29, 1.82) is 0 Å². The largest absolute Gasteiger partial charge is 0.386 e. The summed E-state index contributed by atoms with van der Waals surface area (Å²) in [4.78, 5) is 0. The molecule has 2 nitrogen and oxygen atoms in total. The first-order valence-corrected chi connectivity index (χ1v) is 7.48. The minimum atomic E-state index is -0.533. The standard InChI is InChI=1S/C15H26O2/c1-11-9-10-15(16)12-7-5-3-4-6-8-13(12)17-14(11,15)2/h11-13,16H,3-10H2,1-2H3/t11-,12?,13?,14+,15-/m1/s1. The summed E-state index contributed by atoms with van der Waals surface area (Å²) < 4.78 is 6.38. The minimum absolute atomic E-state index is 0.271. The van der Waals surface area contributed by atoms with Crippen molar-refractivity contribution in [3.05, 3.63) is 0 Å². The van der Waals surface area contributed by atoms with Crippen molar-refractivity contribution < 1.29 is 9.84 Å². The van der Waals surface area contributed by atoms with Gasteiger partial charge in [0.05, 0.1) is 17.3 Å². The minimum Gasteiger partial charge on any atom is -0.386 e. The molecule has 0 amide bonds. The molecule has 0 bridgehead atoms. The average Bonchev–Trinajstić information content (AvgIpc) is 2.60. The molecule has 0 radical (unpaired) electrons. The van der Waals surface area contributed by atoms with Crippen LogP contribution in [0.5, 0.6) is 0 Å². The van der Waals surface area contributed by atoms with Crippen LogP contribution in [0.3, 0.4) is 0 Å². The van der Waals surface area contributed by atoms with Gasteiger partial charge >= 0.3 is 0 Å². The molecule has 2 saturated carbocycles. The molecular formula is C15H26O2. The van der Waals surface area contributed by atoms with E-state index in [9.17, 15) is 5.11 Å². The maximum absolute atomic E-state index is 11.1. The zero-order chi connectivity index (χ0) is 12.1. The highest BCUT2D eigenvalue weighted by atomic mass is 16.5. The highest BCUT2D eigenvalue weighted by molar-refractivity contribution is 5.16. The van der Waals surface area contributed by atoms with E-state index in [-0.39, 0.29) is 5.60 Å². The van der Waals surface area contributed by atoms with Gasteiger partial charge in [-0.05, 0) is 38.5 Å². The molecule has 0 aromatic carbocycles. The number of hydrogen-bond donors (Lipinski definition) is 1. The molecule has 17 heavy (non-hydrogen) atoms. The Morgan fingerprint density at radius 1 is 1.06 bits per heavy atom. The van der Waals surface area contributed by atoms with E-state index in [4.69, 9.17) is 4.74 Å². The van der Waals surface area contributed by atoms with Crippen LogP contribution in [-0.2, 0) is 4.74 Å². The lowest BCUT2D eigenvalue weighted by molar-refractivity contribution is -0.124. The maximum atomic E-state index is 11.1. The van der Waals surface area contributed by atoms with E-state index in [2.05, 4.69) is 13.8 Å². The number of hydrogen-bond acceptors (Lipinski definition) is 2. The summed E-state index contributed by atoms with van der Waals surface area (Å²) in [5.41, 5.74) is -0.804. The molecule has 2 heteroatoms. The molecule has 2 unspecified atom stereocenters. The summed E-state index contributed by atoms with van der Waals surface area (Å²) in [6, 6.07) is 0. The summed E-state index contributed by atoms with van der Waals surface area (Å²) in [6.45, 7) is 4.41. The molecule has 3 rings (SSSR count). The summed E-state index contributed by atoms with van der Waals surface area (Å²) in [5.74, 6) is 0.901. The van der Waals surface area contributed by atoms with Crippen molar-refractivity contribution >= 4 is 0 Å². The predicted octanol–water partition coefficient (Wildman–Crippen LogP) is 3.28. The van der Waals surface area contributed by atoms with Gasteiger partial charge in [-0.3, -0.25) is 0 Å². The number of fused-ring (bicyclic) bond motifs is 3. The first-order chi connectivity index (χ1) is 8.08. The fraction of sp³-hybridized carbons (Fsp3) is 1.00. The molecule has 2 aliphatic carbocycles. The fourth-order valence-corrected chi connectivity index (χ4v) is 4.61. The Labute approximate surface area is 105 Å². The van der Waals surface area contributed by atoms with Gasteiger partial charge in [0.1, 0.15) is 0 Å². The van der Waals surface area contributed by atoms with Gasteiger partial charge in [-0.25, -0.2) is 0 Å². The Hall–Kier alpha value is -0.0800. The third-order valence-electron chi connectivity index (χ3n) is 5.97. The number of ether oxygens (including phenoxy) is 1. The van der Waals surface area contributed by atoms with Gasteiger partial charge < -0.3 is 9.84 Å². The Balaban J connectivity index is 1.90. The third-order valence-corrected chi connectivity index (χ3v) is 5.97. The highest BCUT2D eigenvalue weighted by Gasteiger charge is 2.66. The van der Waals surface area contributed by atoms with E-state index in [1.165, 1.54) is 32.1 Å². The van der Waals surface area contributed by atoms with Crippen LogP contribution in [-0.4, -0.2) is 22.4 Å². The Morgan fingerprint density at radius 2 is 1.76 bits per heavy atom. The van der Waals surface area contributed by atoms with Crippen LogP contribution in [0.25, 0.3) is 0 Å². The molecule has 1 N–H and O–H groups in total. The molecule has 98 valence electrons. The van der Waals surface area contributed by atoms with E-state index >= 15 is 0 Å².